The maximum absolute atomic E-state index is 14.8. The molecule has 1 atom stereocenters. The van der Waals surface area contributed by atoms with E-state index in [1.54, 1.807) is 0 Å². The molecule has 2 aromatic rings. The summed E-state index contributed by atoms with van der Waals surface area (Å²) in [4.78, 5) is 4.51. The van der Waals surface area contributed by atoms with E-state index in [0.717, 1.165) is 64.3 Å². The van der Waals surface area contributed by atoms with Gasteiger partial charge < -0.3 is 23.5 Å². The van der Waals surface area contributed by atoms with Gasteiger partial charge in [-0.1, -0.05) is 5.10 Å². The molecule has 0 aliphatic carbocycles. The van der Waals surface area contributed by atoms with E-state index in [9.17, 15) is 8.78 Å². The van der Waals surface area contributed by atoms with E-state index >= 15 is 0 Å². The second-order valence-electron chi connectivity index (χ2n) is 9.98. The van der Waals surface area contributed by atoms with Crippen molar-refractivity contribution < 1.29 is 27.4 Å². The largest absolute Gasteiger partial charge is 0.487 e. The molecule has 0 bridgehead atoms. The third kappa shape index (κ3) is 4.27. The Bertz CT molecular complexity index is 987. The first-order valence-corrected chi connectivity index (χ1v) is 12.2. The van der Waals surface area contributed by atoms with Crippen LogP contribution in [0.2, 0.25) is 0 Å². The van der Waals surface area contributed by atoms with Crippen LogP contribution in [0.3, 0.4) is 0 Å². The lowest BCUT2D eigenvalue weighted by atomic mass is 9.86. The summed E-state index contributed by atoms with van der Waals surface area (Å²) >= 11 is 0. The van der Waals surface area contributed by atoms with Gasteiger partial charge in [0, 0.05) is 30.5 Å². The molecule has 10 heteroatoms. The molecule has 6 rings (SSSR count). The Labute approximate surface area is 197 Å². The number of ether oxygens (including phenoxy) is 3. The average Bonchev–Trinajstić information content (AvgIpc) is 3.51. The summed E-state index contributed by atoms with van der Waals surface area (Å²) in [5.41, 5.74) is 0.517. The van der Waals surface area contributed by atoms with Crippen LogP contribution in [0.25, 0.3) is 0 Å². The van der Waals surface area contributed by atoms with Crippen molar-refractivity contribution >= 4 is 6.01 Å². The van der Waals surface area contributed by atoms with Gasteiger partial charge in [0.2, 0.25) is 6.39 Å². The molecule has 34 heavy (non-hydrogen) atoms. The summed E-state index contributed by atoms with van der Waals surface area (Å²) in [5.74, 6) is -0.850. The van der Waals surface area contributed by atoms with Crippen LogP contribution in [0.4, 0.5) is 14.8 Å². The standard InChI is InChI=1S/C24H30F2N4O4/c25-17-9-20(22(21(26)10-17)34-19-3-7-31-8-4-19)16-1-5-29(6-2-16)18-11-24(33-12-18)13-30(14-24)23-28-27-15-32-23/h9-10,15-16,18-19H,1-8,11-14H2. The van der Waals surface area contributed by atoms with Crippen LogP contribution in [-0.4, -0.2) is 78.8 Å². The minimum atomic E-state index is -0.606. The number of benzene rings is 1. The normalized spacial score (nSPS) is 26.2. The van der Waals surface area contributed by atoms with E-state index in [0.29, 0.717) is 37.4 Å². The molecule has 4 aliphatic heterocycles. The molecule has 0 saturated carbocycles. The molecule has 8 nitrogen and oxygen atoms in total. The topological polar surface area (TPSA) is 73.1 Å². The van der Waals surface area contributed by atoms with Crippen LogP contribution in [-0.2, 0) is 9.47 Å². The summed E-state index contributed by atoms with van der Waals surface area (Å²) in [6.45, 7) is 5.19. The Balaban J connectivity index is 1.07. The molecule has 1 spiro atoms. The predicted octanol–water partition coefficient (Wildman–Crippen LogP) is 3.13. The monoisotopic (exact) mass is 476 g/mol. The molecule has 0 N–H and O–H groups in total. The lowest BCUT2D eigenvalue weighted by molar-refractivity contribution is -0.0216. The molecule has 1 unspecified atom stereocenters. The van der Waals surface area contributed by atoms with Crippen molar-refractivity contribution in [1.82, 2.24) is 15.1 Å². The lowest BCUT2D eigenvalue weighted by Crippen LogP contribution is -2.62. The molecule has 5 heterocycles. The van der Waals surface area contributed by atoms with Gasteiger partial charge in [-0.3, -0.25) is 4.90 Å². The number of nitrogens with zero attached hydrogens (tertiary/aromatic N) is 4. The van der Waals surface area contributed by atoms with Crippen molar-refractivity contribution in [1.29, 1.82) is 0 Å². The molecular formula is C24H30F2N4O4. The molecule has 0 radical (unpaired) electrons. The zero-order valence-corrected chi connectivity index (χ0v) is 19.1. The number of hydrogen-bond acceptors (Lipinski definition) is 8. The van der Waals surface area contributed by atoms with E-state index in [1.807, 2.05) is 4.90 Å². The Morgan fingerprint density at radius 2 is 1.85 bits per heavy atom. The Morgan fingerprint density at radius 3 is 2.59 bits per heavy atom. The molecule has 1 aromatic heterocycles. The van der Waals surface area contributed by atoms with Gasteiger partial charge in [-0.15, -0.1) is 5.10 Å². The first-order chi connectivity index (χ1) is 16.6. The van der Waals surface area contributed by atoms with Crippen LogP contribution in [0.15, 0.2) is 22.9 Å². The summed E-state index contributed by atoms with van der Waals surface area (Å²) < 4.78 is 51.9. The number of likely N-dealkylation sites (tertiary alicyclic amines) is 1. The van der Waals surface area contributed by atoms with E-state index in [4.69, 9.17) is 18.6 Å². The molecule has 4 aliphatic rings. The van der Waals surface area contributed by atoms with Gasteiger partial charge in [-0.2, -0.15) is 0 Å². The highest BCUT2D eigenvalue weighted by Gasteiger charge is 2.52. The molecule has 184 valence electrons. The highest BCUT2D eigenvalue weighted by Crippen LogP contribution is 2.42. The van der Waals surface area contributed by atoms with Crippen molar-refractivity contribution in [2.75, 3.05) is 50.9 Å². The van der Waals surface area contributed by atoms with Crippen molar-refractivity contribution in [2.45, 2.75) is 55.8 Å². The Hall–Kier alpha value is -2.30. The number of hydrogen-bond donors (Lipinski definition) is 0. The van der Waals surface area contributed by atoms with Gasteiger partial charge in [0.15, 0.2) is 11.6 Å². The predicted molar refractivity (Wildman–Crippen MR) is 118 cm³/mol. The van der Waals surface area contributed by atoms with E-state index < -0.39 is 11.6 Å². The second kappa shape index (κ2) is 9.05. The van der Waals surface area contributed by atoms with Crippen LogP contribution < -0.4 is 9.64 Å². The quantitative estimate of drug-likeness (QED) is 0.652. The number of anilines is 1. The molecule has 4 fully saturated rings. The van der Waals surface area contributed by atoms with Crippen molar-refractivity contribution in [2.24, 2.45) is 0 Å². The fourth-order valence-corrected chi connectivity index (χ4v) is 5.91. The highest BCUT2D eigenvalue weighted by molar-refractivity contribution is 5.39. The Morgan fingerprint density at radius 1 is 1.06 bits per heavy atom. The second-order valence-corrected chi connectivity index (χ2v) is 9.98. The van der Waals surface area contributed by atoms with Gasteiger partial charge in [0.25, 0.3) is 0 Å². The fourth-order valence-electron chi connectivity index (χ4n) is 5.91. The Kier molecular flexibility index (Phi) is 5.90. The highest BCUT2D eigenvalue weighted by atomic mass is 19.1. The van der Waals surface area contributed by atoms with Crippen molar-refractivity contribution in [3.05, 3.63) is 35.7 Å². The summed E-state index contributed by atoms with van der Waals surface area (Å²) in [6.07, 6.45) is 5.34. The van der Waals surface area contributed by atoms with E-state index in [1.165, 1.54) is 12.5 Å². The summed E-state index contributed by atoms with van der Waals surface area (Å²) in [6, 6.07) is 3.29. The zero-order valence-electron chi connectivity index (χ0n) is 19.1. The van der Waals surface area contributed by atoms with Gasteiger partial charge in [-0.25, -0.2) is 8.78 Å². The smallest absolute Gasteiger partial charge is 0.318 e. The lowest BCUT2D eigenvalue weighted by Gasteiger charge is -2.46. The van der Waals surface area contributed by atoms with Crippen LogP contribution in [0.5, 0.6) is 5.75 Å². The first kappa shape index (κ1) is 22.2. The summed E-state index contributed by atoms with van der Waals surface area (Å²) in [7, 11) is 0. The molecule has 4 saturated heterocycles. The number of aromatic nitrogens is 2. The molecule has 0 amide bonds. The van der Waals surface area contributed by atoms with E-state index in [2.05, 4.69) is 15.1 Å². The molecular weight excluding hydrogens is 446 g/mol. The van der Waals surface area contributed by atoms with Gasteiger partial charge in [-0.05, 0) is 44.3 Å². The first-order valence-electron chi connectivity index (χ1n) is 12.2. The van der Waals surface area contributed by atoms with Gasteiger partial charge in [0.05, 0.1) is 32.9 Å². The average molecular weight is 477 g/mol. The summed E-state index contributed by atoms with van der Waals surface area (Å²) in [5, 5.41) is 7.71. The minimum absolute atomic E-state index is 0.0734. The maximum Gasteiger partial charge on any atom is 0.318 e. The third-order valence-corrected chi connectivity index (χ3v) is 7.74. The number of halogens is 2. The number of rotatable bonds is 5. The zero-order chi connectivity index (χ0) is 23.1. The maximum atomic E-state index is 14.8. The fraction of sp³-hybridized carbons (Fsp3) is 0.667. The third-order valence-electron chi connectivity index (χ3n) is 7.74. The van der Waals surface area contributed by atoms with Gasteiger partial charge in [0.1, 0.15) is 17.5 Å². The van der Waals surface area contributed by atoms with Crippen molar-refractivity contribution in [3.63, 3.8) is 0 Å². The van der Waals surface area contributed by atoms with Crippen LogP contribution in [0.1, 0.15) is 43.6 Å². The molecule has 1 aromatic carbocycles. The number of piperidine rings is 1. The van der Waals surface area contributed by atoms with Gasteiger partial charge >= 0.3 is 6.01 Å². The van der Waals surface area contributed by atoms with E-state index in [-0.39, 0.29) is 23.4 Å². The van der Waals surface area contributed by atoms with Crippen LogP contribution in [0, 0.1) is 11.6 Å². The SMILES string of the molecule is Fc1cc(F)c(OC2CCOCC2)c(C2CCN(C3COC4(C3)CN(c3nnco3)C4)CC2)c1. The van der Waals surface area contributed by atoms with Crippen molar-refractivity contribution in [3.8, 4) is 5.75 Å². The van der Waals surface area contributed by atoms with Crippen LogP contribution >= 0.6 is 0 Å². The minimum Gasteiger partial charge on any atom is -0.487 e.